The van der Waals surface area contributed by atoms with E-state index in [0.717, 1.165) is 19.3 Å². The van der Waals surface area contributed by atoms with E-state index in [9.17, 15) is 18.0 Å². The summed E-state index contributed by atoms with van der Waals surface area (Å²) in [6.45, 7) is 4.34. The van der Waals surface area contributed by atoms with Crippen LogP contribution in [0.1, 0.15) is 43.5 Å². The molecular weight excluding hydrogens is 420 g/mol. The molecule has 3 rings (SSSR count). The number of anilines is 1. The van der Waals surface area contributed by atoms with Crippen LogP contribution < -0.4 is 14.8 Å². The van der Waals surface area contributed by atoms with Crippen LogP contribution in [0, 0.1) is 0 Å². The summed E-state index contributed by atoms with van der Waals surface area (Å²) < 4.78 is 38.4. The minimum atomic E-state index is -3.75. The number of rotatable bonds is 7. The van der Waals surface area contributed by atoms with E-state index in [1.807, 2.05) is 0 Å². The molecule has 2 aromatic carbocycles. The van der Waals surface area contributed by atoms with Crippen LogP contribution in [0.5, 0.6) is 11.5 Å². The fraction of sp³-hybridized carbons (Fsp3) is 0.364. The molecule has 1 heterocycles. The fourth-order valence-electron chi connectivity index (χ4n) is 3.35. The van der Waals surface area contributed by atoms with E-state index < -0.39 is 21.9 Å². The molecule has 1 amide bonds. The zero-order valence-corrected chi connectivity index (χ0v) is 18.4. The minimum Gasteiger partial charge on any atom is -0.492 e. The average Bonchev–Trinajstić information content (AvgIpc) is 2.75. The van der Waals surface area contributed by atoms with Gasteiger partial charge in [0.1, 0.15) is 16.4 Å². The maximum atomic E-state index is 13.2. The van der Waals surface area contributed by atoms with E-state index in [-0.39, 0.29) is 10.6 Å². The number of piperidine rings is 1. The standard InChI is InChI=1S/C22H26N2O6S/c1-3-29-20-12-9-18(15-21(20)31(27,28)24-13-5-4-6-14-24)23-22(26)17-7-10-19(11-8-17)30-16(2)25/h7-12,15H,3-6,13-14H2,1-2H3,(H,23,26). The summed E-state index contributed by atoms with van der Waals surface area (Å²) in [5, 5.41) is 2.72. The molecule has 0 aromatic heterocycles. The molecule has 0 aliphatic carbocycles. The Bertz CT molecular complexity index is 1040. The number of ether oxygens (including phenoxy) is 2. The highest BCUT2D eigenvalue weighted by Gasteiger charge is 2.29. The third kappa shape index (κ3) is 5.62. The number of hydrogen-bond donors (Lipinski definition) is 1. The topological polar surface area (TPSA) is 102 Å². The fourth-order valence-corrected chi connectivity index (χ4v) is 5.02. The van der Waals surface area contributed by atoms with E-state index >= 15 is 0 Å². The quantitative estimate of drug-likeness (QED) is 0.516. The van der Waals surface area contributed by atoms with E-state index in [0.29, 0.717) is 36.7 Å². The number of nitrogens with one attached hydrogen (secondary N) is 1. The van der Waals surface area contributed by atoms with Crippen molar-refractivity contribution in [2.45, 2.75) is 38.0 Å². The van der Waals surface area contributed by atoms with Crippen LogP contribution in [0.15, 0.2) is 47.4 Å². The Hall–Kier alpha value is -2.91. The highest BCUT2D eigenvalue weighted by molar-refractivity contribution is 7.89. The van der Waals surface area contributed by atoms with Gasteiger partial charge < -0.3 is 14.8 Å². The first-order valence-corrected chi connectivity index (χ1v) is 11.6. The molecule has 9 heteroatoms. The number of carbonyl (C=O) groups excluding carboxylic acids is 2. The summed E-state index contributed by atoms with van der Waals surface area (Å²) in [5.74, 6) is -0.272. The predicted molar refractivity (Wildman–Crippen MR) is 116 cm³/mol. The third-order valence-electron chi connectivity index (χ3n) is 4.81. The van der Waals surface area contributed by atoms with E-state index in [1.54, 1.807) is 19.1 Å². The molecule has 1 aliphatic rings. The number of nitrogens with zero attached hydrogens (tertiary/aromatic N) is 1. The van der Waals surface area contributed by atoms with Crippen molar-refractivity contribution in [3.8, 4) is 11.5 Å². The Morgan fingerprint density at radius 2 is 1.71 bits per heavy atom. The van der Waals surface area contributed by atoms with Gasteiger partial charge in [-0.3, -0.25) is 9.59 Å². The number of sulfonamides is 1. The van der Waals surface area contributed by atoms with Gasteiger partial charge in [-0.1, -0.05) is 6.42 Å². The van der Waals surface area contributed by atoms with Crippen LogP contribution in [0.4, 0.5) is 5.69 Å². The summed E-state index contributed by atoms with van der Waals surface area (Å²) in [6, 6.07) is 10.7. The molecule has 0 bridgehead atoms. The van der Waals surface area contributed by atoms with Gasteiger partial charge in [0.05, 0.1) is 6.61 Å². The van der Waals surface area contributed by atoms with Gasteiger partial charge in [0.15, 0.2) is 0 Å². The second-order valence-corrected chi connectivity index (χ2v) is 9.04. The van der Waals surface area contributed by atoms with Gasteiger partial charge in [-0.05, 0) is 62.2 Å². The molecule has 8 nitrogen and oxygen atoms in total. The Morgan fingerprint density at radius 1 is 1.03 bits per heavy atom. The molecule has 2 aromatic rings. The van der Waals surface area contributed by atoms with E-state index in [2.05, 4.69) is 5.32 Å². The first-order valence-electron chi connectivity index (χ1n) is 10.2. The van der Waals surface area contributed by atoms with Crippen LogP contribution in [0.2, 0.25) is 0 Å². The molecule has 1 saturated heterocycles. The van der Waals surface area contributed by atoms with Crippen molar-refractivity contribution in [2.75, 3.05) is 25.0 Å². The molecule has 0 radical (unpaired) electrons. The van der Waals surface area contributed by atoms with Crippen molar-refractivity contribution in [1.29, 1.82) is 0 Å². The molecule has 0 saturated carbocycles. The van der Waals surface area contributed by atoms with Gasteiger partial charge in [-0.15, -0.1) is 0 Å². The normalized spacial score (nSPS) is 14.6. The summed E-state index contributed by atoms with van der Waals surface area (Å²) in [7, 11) is -3.75. The Balaban J connectivity index is 1.84. The number of amides is 1. The third-order valence-corrected chi connectivity index (χ3v) is 6.73. The van der Waals surface area contributed by atoms with Crippen molar-refractivity contribution in [1.82, 2.24) is 4.31 Å². The molecule has 31 heavy (non-hydrogen) atoms. The maximum absolute atomic E-state index is 13.2. The Kier molecular flexibility index (Phi) is 7.29. The van der Waals surface area contributed by atoms with E-state index in [1.165, 1.54) is 41.6 Å². The van der Waals surface area contributed by atoms with Crippen LogP contribution in [0.25, 0.3) is 0 Å². The van der Waals surface area contributed by atoms with Gasteiger partial charge in [-0.2, -0.15) is 4.31 Å². The van der Waals surface area contributed by atoms with Crippen molar-refractivity contribution in [2.24, 2.45) is 0 Å². The predicted octanol–water partition coefficient (Wildman–Crippen LogP) is 3.44. The second-order valence-electron chi connectivity index (χ2n) is 7.13. The van der Waals surface area contributed by atoms with Gasteiger partial charge in [0.2, 0.25) is 10.0 Å². The summed E-state index contributed by atoms with van der Waals surface area (Å²) >= 11 is 0. The molecular formula is C22H26N2O6S. The van der Waals surface area contributed by atoms with Gasteiger partial charge in [0.25, 0.3) is 5.91 Å². The lowest BCUT2D eigenvalue weighted by atomic mass is 10.2. The second kappa shape index (κ2) is 9.93. The largest absolute Gasteiger partial charge is 0.492 e. The summed E-state index contributed by atoms with van der Waals surface area (Å²) in [4.78, 5) is 23.7. The van der Waals surface area contributed by atoms with Crippen molar-refractivity contribution >= 4 is 27.6 Å². The number of hydrogen-bond acceptors (Lipinski definition) is 6. The SMILES string of the molecule is CCOc1ccc(NC(=O)c2ccc(OC(C)=O)cc2)cc1S(=O)(=O)N1CCCCC1. The first-order chi connectivity index (χ1) is 14.8. The van der Waals surface area contributed by atoms with Gasteiger partial charge in [0, 0.05) is 31.3 Å². The lowest BCUT2D eigenvalue weighted by molar-refractivity contribution is -0.131. The van der Waals surface area contributed by atoms with Crippen molar-refractivity contribution in [3.63, 3.8) is 0 Å². The van der Waals surface area contributed by atoms with Crippen LogP contribution in [-0.4, -0.2) is 44.3 Å². The molecule has 1 aliphatic heterocycles. The van der Waals surface area contributed by atoms with Crippen LogP contribution >= 0.6 is 0 Å². The maximum Gasteiger partial charge on any atom is 0.308 e. The monoisotopic (exact) mass is 446 g/mol. The van der Waals surface area contributed by atoms with Gasteiger partial charge in [-0.25, -0.2) is 8.42 Å². The Labute approximate surface area is 182 Å². The lowest BCUT2D eigenvalue weighted by Gasteiger charge is -2.27. The first kappa shape index (κ1) is 22.8. The molecule has 0 unspecified atom stereocenters. The Morgan fingerprint density at radius 3 is 2.32 bits per heavy atom. The van der Waals surface area contributed by atoms with Crippen molar-refractivity contribution in [3.05, 3.63) is 48.0 Å². The average molecular weight is 447 g/mol. The number of benzene rings is 2. The number of carbonyl (C=O) groups is 2. The molecule has 1 fully saturated rings. The lowest BCUT2D eigenvalue weighted by Crippen LogP contribution is -2.35. The molecule has 1 N–H and O–H groups in total. The zero-order chi connectivity index (χ0) is 22.4. The summed E-state index contributed by atoms with van der Waals surface area (Å²) in [5.41, 5.74) is 0.679. The van der Waals surface area contributed by atoms with Crippen LogP contribution in [-0.2, 0) is 14.8 Å². The highest BCUT2D eigenvalue weighted by Crippen LogP contribution is 2.31. The van der Waals surface area contributed by atoms with Gasteiger partial charge >= 0.3 is 5.97 Å². The van der Waals surface area contributed by atoms with Crippen molar-refractivity contribution < 1.29 is 27.5 Å². The molecule has 0 spiro atoms. The smallest absolute Gasteiger partial charge is 0.308 e. The number of esters is 1. The van der Waals surface area contributed by atoms with E-state index in [4.69, 9.17) is 9.47 Å². The summed E-state index contributed by atoms with van der Waals surface area (Å²) in [6.07, 6.45) is 2.66. The molecule has 0 atom stereocenters. The highest BCUT2D eigenvalue weighted by atomic mass is 32.2. The minimum absolute atomic E-state index is 0.0410. The zero-order valence-electron chi connectivity index (χ0n) is 17.6. The van der Waals surface area contributed by atoms with Crippen LogP contribution in [0.3, 0.4) is 0 Å². The molecule has 166 valence electrons.